The van der Waals surface area contributed by atoms with Crippen LogP contribution in [0.3, 0.4) is 0 Å². The predicted octanol–water partition coefficient (Wildman–Crippen LogP) is 2.78. The van der Waals surface area contributed by atoms with Crippen LogP contribution in [0.4, 0.5) is 0 Å². The Labute approximate surface area is 121 Å². The van der Waals surface area contributed by atoms with E-state index in [9.17, 15) is 0 Å². The lowest BCUT2D eigenvalue weighted by Gasteiger charge is -2.23. The summed E-state index contributed by atoms with van der Waals surface area (Å²) in [7, 11) is 0. The molecule has 1 fully saturated rings. The Morgan fingerprint density at radius 3 is 2.70 bits per heavy atom. The number of hydrogen-bond donors (Lipinski definition) is 1. The number of hydrogen-bond acceptors (Lipinski definition) is 4. The minimum Gasteiger partial charge on any atom is -0.472 e. The van der Waals surface area contributed by atoms with E-state index in [1.54, 1.807) is 6.33 Å². The lowest BCUT2D eigenvalue weighted by Crippen LogP contribution is -2.38. The highest BCUT2D eigenvalue weighted by Gasteiger charge is 2.24. The van der Waals surface area contributed by atoms with Crippen LogP contribution in [-0.2, 0) is 12.8 Å². The van der Waals surface area contributed by atoms with Gasteiger partial charge in [-0.1, -0.05) is 19.3 Å². The van der Waals surface area contributed by atoms with Crippen molar-refractivity contribution in [2.45, 2.75) is 76.4 Å². The van der Waals surface area contributed by atoms with Gasteiger partial charge in [0.05, 0.1) is 5.69 Å². The quantitative estimate of drug-likeness (QED) is 0.666. The average Bonchev–Trinajstić information content (AvgIpc) is 2.81. The van der Waals surface area contributed by atoms with Crippen molar-refractivity contribution in [2.75, 3.05) is 0 Å². The summed E-state index contributed by atoms with van der Waals surface area (Å²) in [6.07, 6.45) is 13.4. The molecule has 0 aliphatic heterocycles. The SMILES string of the molecule is NC1CCCCCC1Oc1ncnc2c1CCCCC2. The zero-order valence-corrected chi connectivity index (χ0v) is 12.2. The second kappa shape index (κ2) is 6.53. The fraction of sp³-hybridized carbons (Fsp3) is 0.750. The summed E-state index contributed by atoms with van der Waals surface area (Å²) in [6, 6.07) is 0.147. The summed E-state index contributed by atoms with van der Waals surface area (Å²) in [5.41, 5.74) is 8.69. The van der Waals surface area contributed by atoms with E-state index in [-0.39, 0.29) is 12.1 Å². The summed E-state index contributed by atoms with van der Waals surface area (Å²) < 4.78 is 6.23. The van der Waals surface area contributed by atoms with Crippen molar-refractivity contribution in [1.29, 1.82) is 0 Å². The van der Waals surface area contributed by atoms with Crippen molar-refractivity contribution in [1.82, 2.24) is 9.97 Å². The van der Waals surface area contributed by atoms with Crippen LogP contribution in [0, 0.1) is 0 Å². The first-order valence-electron chi connectivity index (χ1n) is 8.09. The second-order valence-corrected chi connectivity index (χ2v) is 6.12. The first kappa shape index (κ1) is 13.8. The number of rotatable bonds is 2. The standard InChI is InChI=1S/C16H25N3O/c17-13-8-4-2-6-10-15(13)20-16-12-7-3-1-5-9-14(12)18-11-19-16/h11,13,15H,1-10,17H2. The average molecular weight is 275 g/mol. The summed E-state index contributed by atoms with van der Waals surface area (Å²) >= 11 is 0. The van der Waals surface area contributed by atoms with Crippen molar-refractivity contribution >= 4 is 0 Å². The van der Waals surface area contributed by atoms with E-state index < -0.39 is 0 Å². The molecule has 2 atom stereocenters. The van der Waals surface area contributed by atoms with E-state index in [1.807, 2.05) is 0 Å². The molecule has 2 unspecified atom stereocenters. The highest BCUT2D eigenvalue weighted by molar-refractivity contribution is 5.31. The van der Waals surface area contributed by atoms with Crippen LogP contribution >= 0.6 is 0 Å². The topological polar surface area (TPSA) is 61.0 Å². The van der Waals surface area contributed by atoms with Gasteiger partial charge in [0.1, 0.15) is 12.4 Å². The van der Waals surface area contributed by atoms with Gasteiger partial charge in [0, 0.05) is 11.6 Å². The lowest BCUT2D eigenvalue weighted by atomic mass is 10.1. The van der Waals surface area contributed by atoms with Gasteiger partial charge in [-0.25, -0.2) is 9.97 Å². The van der Waals surface area contributed by atoms with Crippen LogP contribution < -0.4 is 10.5 Å². The fourth-order valence-corrected chi connectivity index (χ4v) is 3.36. The van der Waals surface area contributed by atoms with Crippen LogP contribution in [0.25, 0.3) is 0 Å². The molecule has 0 bridgehead atoms. The van der Waals surface area contributed by atoms with E-state index in [4.69, 9.17) is 10.5 Å². The molecule has 1 aromatic heterocycles. The predicted molar refractivity (Wildman–Crippen MR) is 78.8 cm³/mol. The molecule has 0 spiro atoms. The number of aryl methyl sites for hydroxylation is 1. The molecule has 0 amide bonds. The zero-order chi connectivity index (χ0) is 13.8. The number of nitrogens with two attached hydrogens (primary N) is 1. The van der Waals surface area contributed by atoms with Crippen LogP contribution in [0.1, 0.15) is 62.6 Å². The van der Waals surface area contributed by atoms with Crippen LogP contribution in [0.5, 0.6) is 5.88 Å². The van der Waals surface area contributed by atoms with Crippen molar-refractivity contribution in [3.63, 3.8) is 0 Å². The maximum atomic E-state index is 6.27. The molecule has 1 aromatic rings. The van der Waals surface area contributed by atoms with Crippen LogP contribution in [0.2, 0.25) is 0 Å². The molecule has 0 saturated heterocycles. The van der Waals surface area contributed by atoms with Gasteiger partial charge in [-0.3, -0.25) is 0 Å². The maximum Gasteiger partial charge on any atom is 0.220 e. The second-order valence-electron chi connectivity index (χ2n) is 6.12. The van der Waals surface area contributed by atoms with Crippen molar-refractivity contribution in [2.24, 2.45) is 5.73 Å². The Morgan fingerprint density at radius 1 is 0.950 bits per heavy atom. The molecule has 2 N–H and O–H groups in total. The Balaban J connectivity index is 1.79. The Morgan fingerprint density at radius 2 is 1.75 bits per heavy atom. The highest BCUT2D eigenvalue weighted by Crippen LogP contribution is 2.28. The number of nitrogens with zero attached hydrogens (tertiary/aromatic N) is 2. The van der Waals surface area contributed by atoms with Gasteiger partial charge in [-0.2, -0.15) is 0 Å². The van der Waals surface area contributed by atoms with Gasteiger partial charge < -0.3 is 10.5 Å². The van der Waals surface area contributed by atoms with Gasteiger partial charge in [-0.05, 0) is 44.9 Å². The Hall–Kier alpha value is -1.16. The first-order chi connectivity index (χ1) is 9.84. The molecule has 2 aliphatic rings. The molecule has 4 heteroatoms. The van der Waals surface area contributed by atoms with Crippen LogP contribution in [0.15, 0.2) is 6.33 Å². The van der Waals surface area contributed by atoms with E-state index in [0.29, 0.717) is 0 Å². The van der Waals surface area contributed by atoms with E-state index >= 15 is 0 Å². The molecular formula is C16H25N3O. The fourth-order valence-electron chi connectivity index (χ4n) is 3.36. The smallest absolute Gasteiger partial charge is 0.220 e. The summed E-state index contributed by atoms with van der Waals surface area (Å²) in [4.78, 5) is 8.85. The molecule has 3 rings (SSSR count). The molecular weight excluding hydrogens is 250 g/mol. The molecule has 2 aliphatic carbocycles. The van der Waals surface area contributed by atoms with Gasteiger partial charge in [-0.15, -0.1) is 0 Å². The minimum absolute atomic E-state index is 0.125. The Bertz CT molecular complexity index is 449. The van der Waals surface area contributed by atoms with Crippen molar-refractivity contribution < 1.29 is 4.74 Å². The molecule has 20 heavy (non-hydrogen) atoms. The third-order valence-corrected chi connectivity index (χ3v) is 4.60. The normalized spacial score (nSPS) is 27.2. The van der Waals surface area contributed by atoms with Crippen LogP contribution in [-0.4, -0.2) is 22.1 Å². The summed E-state index contributed by atoms with van der Waals surface area (Å²) in [5.74, 6) is 0.805. The zero-order valence-electron chi connectivity index (χ0n) is 12.2. The molecule has 1 heterocycles. The van der Waals surface area contributed by atoms with E-state index in [2.05, 4.69) is 9.97 Å². The number of ether oxygens (including phenoxy) is 1. The highest BCUT2D eigenvalue weighted by atomic mass is 16.5. The number of fused-ring (bicyclic) bond motifs is 1. The first-order valence-corrected chi connectivity index (χ1v) is 8.09. The van der Waals surface area contributed by atoms with E-state index in [1.165, 1.54) is 49.8 Å². The summed E-state index contributed by atoms with van der Waals surface area (Å²) in [6.45, 7) is 0. The largest absolute Gasteiger partial charge is 0.472 e. The number of aromatic nitrogens is 2. The van der Waals surface area contributed by atoms with Crippen molar-refractivity contribution in [3.05, 3.63) is 17.6 Å². The van der Waals surface area contributed by atoms with E-state index in [0.717, 1.165) is 31.6 Å². The summed E-state index contributed by atoms with van der Waals surface area (Å²) in [5, 5.41) is 0. The molecule has 1 saturated carbocycles. The lowest BCUT2D eigenvalue weighted by molar-refractivity contribution is 0.154. The maximum absolute atomic E-state index is 6.27. The third-order valence-electron chi connectivity index (χ3n) is 4.60. The Kier molecular flexibility index (Phi) is 4.51. The van der Waals surface area contributed by atoms with Gasteiger partial charge >= 0.3 is 0 Å². The molecule has 0 radical (unpaired) electrons. The van der Waals surface area contributed by atoms with Gasteiger partial charge in [0.15, 0.2) is 0 Å². The molecule has 4 nitrogen and oxygen atoms in total. The van der Waals surface area contributed by atoms with Crippen molar-refractivity contribution in [3.8, 4) is 5.88 Å². The molecule has 110 valence electrons. The minimum atomic E-state index is 0.125. The molecule has 0 aromatic carbocycles. The monoisotopic (exact) mass is 275 g/mol. The van der Waals surface area contributed by atoms with Gasteiger partial charge in [0.2, 0.25) is 5.88 Å². The third kappa shape index (κ3) is 3.11. The van der Waals surface area contributed by atoms with Gasteiger partial charge in [0.25, 0.3) is 0 Å².